The van der Waals surface area contributed by atoms with Crippen LogP contribution >= 0.6 is 0 Å². The third-order valence-electron chi connectivity index (χ3n) is 3.96. The van der Waals surface area contributed by atoms with E-state index in [1.165, 1.54) is 0 Å². The molecule has 0 radical (unpaired) electrons. The molecule has 2 fully saturated rings. The fourth-order valence-corrected chi connectivity index (χ4v) is 2.76. The highest BCUT2D eigenvalue weighted by atomic mass is 16.5. The van der Waals surface area contributed by atoms with E-state index in [2.05, 4.69) is 0 Å². The Morgan fingerprint density at radius 2 is 2.10 bits per heavy atom. The summed E-state index contributed by atoms with van der Waals surface area (Å²) in [4.78, 5) is 27.2. The second kappa shape index (κ2) is 7.01. The van der Waals surface area contributed by atoms with Crippen LogP contribution in [0, 0.1) is 5.92 Å². The number of aliphatic hydroxyl groups is 1. The van der Waals surface area contributed by atoms with Gasteiger partial charge in [0.2, 0.25) is 11.8 Å². The topological polar surface area (TPSA) is 96.1 Å². The maximum atomic E-state index is 12.3. The van der Waals surface area contributed by atoms with Crippen LogP contribution in [0.25, 0.3) is 0 Å². The number of hydrogen-bond acceptors (Lipinski definition) is 5. The first kappa shape index (κ1) is 15.2. The van der Waals surface area contributed by atoms with E-state index in [1.54, 1.807) is 4.90 Å². The predicted octanol–water partition coefficient (Wildman–Crippen LogP) is -1.60. The fourth-order valence-electron chi connectivity index (χ4n) is 2.76. The van der Waals surface area contributed by atoms with Gasteiger partial charge in [-0.25, -0.2) is 0 Å². The van der Waals surface area contributed by atoms with E-state index in [4.69, 9.17) is 15.6 Å². The summed E-state index contributed by atoms with van der Waals surface area (Å²) in [7, 11) is 0. The Hall–Kier alpha value is -1.18. The molecule has 2 aliphatic heterocycles. The first-order valence-electron chi connectivity index (χ1n) is 7.12. The summed E-state index contributed by atoms with van der Waals surface area (Å²) in [5.41, 5.74) is 5.32. The second-order valence-corrected chi connectivity index (χ2v) is 5.49. The van der Waals surface area contributed by atoms with Crippen LogP contribution in [0.2, 0.25) is 0 Å². The Kier molecular flexibility index (Phi) is 5.33. The second-order valence-electron chi connectivity index (χ2n) is 5.49. The van der Waals surface area contributed by atoms with Gasteiger partial charge in [-0.3, -0.25) is 14.5 Å². The van der Waals surface area contributed by atoms with Gasteiger partial charge in [-0.05, 0) is 12.8 Å². The molecule has 0 aromatic heterocycles. The van der Waals surface area contributed by atoms with E-state index < -0.39 is 0 Å². The zero-order valence-electron chi connectivity index (χ0n) is 11.7. The highest BCUT2D eigenvalue weighted by Crippen LogP contribution is 2.16. The van der Waals surface area contributed by atoms with E-state index in [0.717, 1.165) is 12.8 Å². The van der Waals surface area contributed by atoms with Crippen molar-refractivity contribution in [3.05, 3.63) is 0 Å². The molecule has 7 nitrogen and oxygen atoms in total. The maximum Gasteiger partial charge on any atom is 0.236 e. The minimum absolute atomic E-state index is 0.0227. The summed E-state index contributed by atoms with van der Waals surface area (Å²) >= 11 is 0. The molecule has 2 rings (SSSR count). The normalized spacial score (nSPS) is 28.4. The number of morpholine rings is 1. The lowest BCUT2D eigenvalue weighted by atomic mass is 9.97. The van der Waals surface area contributed by atoms with Gasteiger partial charge in [0.1, 0.15) is 0 Å². The summed E-state index contributed by atoms with van der Waals surface area (Å²) in [5.74, 6) is -0.522. The van der Waals surface area contributed by atoms with Crippen LogP contribution < -0.4 is 5.73 Å². The number of amides is 2. The van der Waals surface area contributed by atoms with Gasteiger partial charge < -0.3 is 20.5 Å². The lowest BCUT2D eigenvalue weighted by Crippen LogP contribution is -2.51. The Morgan fingerprint density at radius 1 is 1.30 bits per heavy atom. The van der Waals surface area contributed by atoms with Gasteiger partial charge in [0.15, 0.2) is 0 Å². The van der Waals surface area contributed by atoms with Gasteiger partial charge in [-0.15, -0.1) is 0 Å². The summed E-state index contributed by atoms with van der Waals surface area (Å²) in [6.45, 7) is 3.19. The van der Waals surface area contributed by atoms with Crippen molar-refractivity contribution in [2.75, 3.05) is 45.9 Å². The molecule has 114 valence electrons. The van der Waals surface area contributed by atoms with Crippen LogP contribution in [0.15, 0.2) is 0 Å². The van der Waals surface area contributed by atoms with Crippen LogP contribution in [-0.2, 0) is 14.3 Å². The molecule has 0 aromatic rings. The molecule has 0 saturated carbocycles. The Labute approximate surface area is 118 Å². The summed E-state index contributed by atoms with van der Waals surface area (Å²) in [6.07, 6.45) is 1.38. The Morgan fingerprint density at radius 3 is 2.80 bits per heavy atom. The predicted molar refractivity (Wildman–Crippen MR) is 71.8 cm³/mol. The van der Waals surface area contributed by atoms with Gasteiger partial charge in [-0.1, -0.05) is 0 Å². The summed E-state index contributed by atoms with van der Waals surface area (Å²) in [6, 6.07) is 0. The van der Waals surface area contributed by atoms with Crippen molar-refractivity contribution < 1.29 is 19.4 Å². The van der Waals surface area contributed by atoms with E-state index in [9.17, 15) is 9.59 Å². The average molecular weight is 285 g/mol. The molecule has 2 unspecified atom stereocenters. The van der Waals surface area contributed by atoms with Crippen molar-refractivity contribution in [3.63, 3.8) is 0 Å². The van der Waals surface area contributed by atoms with Crippen molar-refractivity contribution in [2.24, 2.45) is 11.7 Å². The van der Waals surface area contributed by atoms with Gasteiger partial charge >= 0.3 is 0 Å². The lowest BCUT2D eigenvalue weighted by molar-refractivity contribution is -0.138. The molecular formula is C13H23N3O4. The fraction of sp³-hybridized carbons (Fsp3) is 0.846. The number of nitrogens with two attached hydrogens (primary N) is 1. The van der Waals surface area contributed by atoms with Crippen molar-refractivity contribution in [3.8, 4) is 0 Å². The highest BCUT2D eigenvalue weighted by Gasteiger charge is 2.29. The lowest BCUT2D eigenvalue weighted by Gasteiger charge is -2.35. The quantitative estimate of drug-likeness (QED) is 0.649. The van der Waals surface area contributed by atoms with Crippen LogP contribution in [0.4, 0.5) is 0 Å². The van der Waals surface area contributed by atoms with E-state index in [1.807, 2.05) is 4.90 Å². The molecule has 2 aliphatic rings. The smallest absolute Gasteiger partial charge is 0.236 e. The molecule has 2 saturated heterocycles. The largest absolute Gasteiger partial charge is 0.394 e. The van der Waals surface area contributed by atoms with Crippen LogP contribution in [-0.4, -0.2) is 78.8 Å². The first-order chi connectivity index (χ1) is 9.60. The molecule has 0 bridgehead atoms. The number of aliphatic hydroxyl groups excluding tert-OH is 1. The molecule has 2 atom stereocenters. The molecule has 2 heterocycles. The van der Waals surface area contributed by atoms with Crippen molar-refractivity contribution >= 4 is 11.8 Å². The molecule has 7 heteroatoms. The minimum Gasteiger partial charge on any atom is -0.394 e. The molecule has 0 spiro atoms. The molecule has 0 aliphatic carbocycles. The SMILES string of the molecule is NC(=O)C1CCCN(C(=O)CN2CCOC(CO)C2)C1. The number of hydrogen-bond donors (Lipinski definition) is 2. The number of piperidine rings is 1. The third kappa shape index (κ3) is 3.91. The zero-order chi connectivity index (χ0) is 14.5. The number of primary amides is 1. The molecule has 20 heavy (non-hydrogen) atoms. The van der Waals surface area contributed by atoms with E-state index >= 15 is 0 Å². The van der Waals surface area contributed by atoms with Gasteiger partial charge in [0, 0.05) is 26.2 Å². The van der Waals surface area contributed by atoms with E-state index in [-0.39, 0.29) is 30.4 Å². The monoisotopic (exact) mass is 285 g/mol. The number of carbonyl (C=O) groups excluding carboxylic acids is 2. The van der Waals surface area contributed by atoms with Gasteiger partial charge in [0.25, 0.3) is 0 Å². The Bertz CT molecular complexity index is 364. The maximum absolute atomic E-state index is 12.3. The van der Waals surface area contributed by atoms with Crippen molar-refractivity contribution in [1.29, 1.82) is 0 Å². The molecule has 2 amide bonds. The first-order valence-corrected chi connectivity index (χ1v) is 7.12. The summed E-state index contributed by atoms with van der Waals surface area (Å²) < 4.78 is 5.36. The number of carbonyl (C=O) groups is 2. The Balaban J connectivity index is 1.83. The highest BCUT2D eigenvalue weighted by molar-refractivity contribution is 5.81. The van der Waals surface area contributed by atoms with Crippen LogP contribution in [0.3, 0.4) is 0 Å². The summed E-state index contributed by atoms with van der Waals surface area (Å²) in [5, 5.41) is 9.09. The molecule has 3 N–H and O–H groups in total. The molecular weight excluding hydrogens is 262 g/mol. The minimum atomic E-state index is -0.325. The van der Waals surface area contributed by atoms with Crippen molar-refractivity contribution in [1.82, 2.24) is 9.80 Å². The zero-order valence-corrected chi connectivity index (χ0v) is 11.7. The van der Waals surface area contributed by atoms with Gasteiger partial charge in [-0.2, -0.15) is 0 Å². The van der Waals surface area contributed by atoms with Crippen molar-refractivity contribution in [2.45, 2.75) is 18.9 Å². The average Bonchev–Trinajstić information content (AvgIpc) is 2.47. The van der Waals surface area contributed by atoms with Gasteiger partial charge in [0.05, 0.1) is 31.8 Å². The number of rotatable bonds is 4. The van der Waals surface area contributed by atoms with E-state index in [0.29, 0.717) is 39.3 Å². The van der Waals surface area contributed by atoms with Crippen LogP contribution in [0.1, 0.15) is 12.8 Å². The third-order valence-corrected chi connectivity index (χ3v) is 3.96. The number of nitrogens with zero attached hydrogens (tertiary/aromatic N) is 2. The standard InChI is InChI=1S/C13H23N3O4/c14-13(19)10-2-1-3-16(6-10)12(18)8-15-4-5-20-11(7-15)9-17/h10-11,17H,1-9H2,(H2,14,19). The number of ether oxygens (including phenoxy) is 1. The number of likely N-dealkylation sites (tertiary alicyclic amines) is 1. The molecule has 0 aromatic carbocycles. The van der Waals surface area contributed by atoms with Crippen LogP contribution in [0.5, 0.6) is 0 Å².